The first kappa shape index (κ1) is 14.1. The minimum atomic E-state index is -0.0854. The second kappa shape index (κ2) is 6.70. The van der Waals surface area contributed by atoms with Crippen molar-refractivity contribution in [3.63, 3.8) is 0 Å². The number of amidine groups is 1. The first-order chi connectivity index (χ1) is 8.10. The SMILES string of the molecule is CSCC(=O)N1CCN(C(C)C(N)=NO)CC1. The van der Waals surface area contributed by atoms with Gasteiger partial charge in [0.05, 0.1) is 11.8 Å². The molecule has 1 amide bonds. The van der Waals surface area contributed by atoms with Crippen LogP contribution >= 0.6 is 11.8 Å². The highest BCUT2D eigenvalue weighted by atomic mass is 32.2. The maximum atomic E-state index is 11.7. The van der Waals surface area contributed by atoms with Crippen LogP contribution in [0.2, 0.25) is 0 Å². The van der Waals surface area contributed by atoms with E-state index < -0.39 is 0 Å². The number of nitrogens with zero attached hydrogens (tertiary/aromatic N) is 3. The van der Waals surface area contributed by atoms with Gasteiger partial charge in [-0.15, -0.1) is 0 Å². The van der Waals surface area contributed by atoms with Crippen molar-refractivity contribution in [2.45, 2.75) is 13.0 Å². The van der Waals surface area contributed by atoms with E-state index in [-0.39, 0.29) is 17.8 Å². The minimum absolute atomic E-state index is 0.0854. The first-order valence-electron chi connectivity index (χ1n) is 5.58. The molecule has 1 saturated heterocycles. The van der Waals surface area contributed by atoms with Crippen LogP contribution in [-0.4, -0.2) is 71.0 Å². The lowest BCUT2D eigenvalue weighted by Gasteiger charge is -2.37. The summed E-state index contributed by atoms with van der Waals surface area (Å²) in [4.78, 5) is 15.6. The fraction of sp³-hybridized carbons (Fsp3) is 0.800. The number of piperazine rings is 1. The van der Waals surface area contributed by atoms with Crippen molar-refractivity contribution in [1.82, 2.24) is 9.80 Å². The summed E-state index contributed by atoms with van der Waals surface area (Å²) >= 11 is 1.54. The van der Waals surface area contributed by atoms with Gasteiger partial charge >= 0.3 is 0 Å². The van der Waals surface area contributed by atoms with Gasteiger partial charge in [0.25, 0.3) is 0 Å². The molecule has 1 aliphatic heterocycles. The molecule has 1 fully saturated rings. The number of rotatable bonds is 4. The summed E-state index contributed by atoms with van der Waals surface area (Å²) in [6, 6.07) is -0.0854. The molecule has 0 aliphatic carbocycles. The van der Waals surface area contributed by atoms with Crippen molar-refractivity contribution in [1.29, 1.82) is 0 Å². The zero-order valence-electron chi connectivity index (χ0n) is 10.3. The van der Waals surface area contributed by atoms with Gasteiger partial charge in [-0.25, -0.2) is 0 Å². The lowest BCUT2D eigenvalue weighted by atomic mass is 10.2. The van der Waals surface area contributed by atoms with E-state index in [1.54, 1.807) is 11.8 Å². The van der Waals surface area contributed by atoms with E-state index >= 15 is 0 Å². The summed E-state index contributed by atoms with van der Waals surface area (Å²) in [6.45, 7) is 4.84. The Labute approximate surface area is 106 Å². The van der Waals surface area contributed by atoms with Crippen LogP contribution in [0.15, 0.2) is 5.16 Å². The number of thioether (sulfide) groups is 1. The largest absolute Gasteiger partial charge is 0.409 e. The molecule has 0 bridgehead atoms. The van der Waals surface area contributed by atoms with Crippen LogP contribution in [-0.2, 0) is 4.79 Å². The van der Waals surface area contributed by atoms with Gasteiger partial charge in [-0.05, 0) is 13.2 Å². The molecule has 98 valence electrons. The average molecular weight is 260 g/mol. The second-order valence-corrected chi connectivity index (χ2v) is 4.92. The highest BCUT2D eigenvalue weighted by molar-refractivity contribution is 7.99. The third-order valence-electron chi connectivity index (χ3n) is 3.03. The predicted molar refractivity (Wildman–Crippen MR) is 69.4 cm³/mol. The van der Waals surface area contributed by atoms with Crippen molar-refractivity contribution >= 4 is 23.5 Å². The van der Waals surface area contributed by atoms with Gasteiger partial charge in [0.1, 0.15) is 0 Å². The summed E-state index contributed by atoms with van der Waals surface area (Å²) in [5.74, 6) is 0.943. The fourth-order valence-corrected chi connectivity index (χ4v) is 2.27. The highest BCUT2D eigenvalue weighted by Crippen LogP contribution is 2.08. The summed E-state index contributed by atoms with van der Waals surface area (Å²) < 4.78 is 0. The normalized spacial score (nSPS) is 20.4. The number of carbonyl (C=O) groups excluding carboxylic acids is 1. The molecule has 3 N–H and O–H groups in total. The van der Waals surface area contributed by atoms with Crippen molar-refractivity contribution in [2.24, 2.45) is 10.9 Å². The van der Waals surface area contributed by atoms with Crippen LogP contribution < -0.4 is 5.73 Å². The Morgan fingerprint density at radius 3 is 2.53 bits per heavy atom. The van der Waals surface area contributed by atoms with Crippen LogP contribution in [0.1, 0.15) is 6.92 Å². The number of hydrogen-bond donors (Lipinski definition) is 2. The van der Waals surface area contributed by atoms with Crippen molar-refractivity contribution in [3.05, 3.63) is 0 Å². The van der Waals surface area contributed by atoms with Crippen LogP contribution in [0.5, 0.6) is 0 Å². The van der Waals surface area contributed by atoms with E-state index in [9.17, 15) is 4.79 Å². The Kier molecular flexibility index (Phi) is 5.57. The number of oxime groups is 1. The van der Waals surface area contributed by atoms with Crippen LogP contribution in [0.3, 0.4) is 0 Å². The molecule has 17 heavy (non-hydrogen) atoms. The summed E-state index contributed by atoms with van der Waals surface area (Å²) in [5.41, 5.74) is 5.56. The Morgan fingerprint density at radius 1 is 1.47 bits per heavy atom. The Hall–Kier alpha value is -0.950. The maximum absolute atomic E-state index is 11.7. The van der Waals surface area contributed by atoms with Gasteiger partial charge in [0.15, 0.2) is 5.84 Å². The molecule has 1 unspecified atom stereocenters. The molecular formula is C10H20N4O2S. The number of nitrogens with two attached hydrogens (primary N) is 1. The summed E-state index contributed by atoms with van der Waals surface area (Å²) in [7, 11) is 0. The maximum Gasteiger partial charge on any atom is 0.232 e. The quantitative estimate of drug-likeness (QED) is 0.312. The summed E-state index contributed by atoms with van der Waals surface area (Å²) in [6.07, 6.45) is 1.93. The molecule has 0 aromatic rings. The van der Waals surface area contributed by atoms with Crippen molar-refractivity contribution in [3.8, 4) is 0 Å². The van der Waals surface area contributed by atoms with Gasteiger partial charge < -0.3 is 15.8 Å². The van der Waals surface area contributed by atoms with E-state index in [0.29, 0.717) is 18.8 Å². The lowest BCUT2D eigenvalue weighted by molar-refractivity contribution is -0.130. The van der Waals surface area contributed by atoms with Gasteiger partial charge in [-0.2, -0.15) is 11.8 Å². The van der Waals surface area contributed by atoms with Gasteiger partial charge in [-0.1, -0.05) is 5.16 Å². The topological polar surface area (TPSA) is 82.2 Å². The Bertz CT molecular complexity index is 290. The Balaban J connectivity index is 2.43. The lowest BCUT2D eigenvalue weighted by Crippen LogP contribution is -2.54. The molecule has 0 aromatic heterocycles. The summed E-state index contributed by atoms with van der Waals surface area (Å²) in [5, 5.41) is 11.6. The Morgan fingerprint density at radius 2 is 2.06 bits per heavy atom. The van der Waals surface area contributed by atoms with Crippen LogP contribution in [0, 0.1) is 0 Å². The molecule has 0 saturated carbocycles. The first-order valence-corrected chi connectivity index (χ1v) is 6.97. The number of hydrogen-bond acceptors (Lipinski definition) is 5. The van der Waals surface area contributed by atoms with E-state index in [1.165, 1.54) is 0 Å². The van der Waals surface area contributed by atoms with Crippen molar-refractivity contribution in [2.75, 3.05) is 38.2 Å². The smallest absolute Gasteiger partial charge is 0.232 e. The molecule has 0 radical (unpaired) electrons. The van der Waals surface area contributed by atoms with E-state index in [0.717, 1.165) is 13.1 Å². The standard InChI is InChI=1S/C10H20N4O2S/c1-8(10(11)12-16)13-3-5-14(6-4-13)9(15)7-17-2/h8,16H,3-7H2,1-2H3,(H2,11,12). The highest BCUT2D eigenvalue weighted by Gasteiger charge is 2.25. The molecule has 1 rings (SSSR count). The zero-order chi connectivity index (χ0) is 12.8. The molecule has 1 heterocycles. The van der Waals surface area contributed by atoms with E-state index in [2.05, 4.69) is 10.1 Å². The molecular weight excluding hydrogens is 240 g/mol. The van der Waals surface area contributed by atoms with E-state index in [1.807, 2.05) is 18.1 Å². The third-order valence-corrected chi connectivity index (χ3v) is 3.56. The van der Waals surface area contributed by atoms with Crippen molar-refractivity contribution < 1.29 is 10.0 Å². The molecule has 1 aliphatic rings. The van der Waals surface area contributed by atoms with Crippen LogP contribution in [0.4, 0.5) is 0 Å². The van der Waals surface area contributed by atoms with Gasteiger partial charge in [-0.3, -0.25) is 9.69 Å². The van der Waals surface area contributed by atoms with E-state index in [4.69, 9.17) is 10.9 Å². The monoisotopic (exact) mass is 260 g/mol. The number of amides is 1. The molecule has 0 aromatic carbocycles. The zero-order valence-corrected chi connectivity index (χ0v) is 11.1. The average Bonchev–Trinajstić information content (AvgIpc) is 2.37. The minimum Gasteiger partial charge on any atom is -0.409 e. The molecule has 1 atom stereocenters. The van der Waals surface area contributed by atoms with Gasteiger partial charge in [0, 0.05) is 26.2 Å². The molecule has 7 heteroatoms. The van der Waals surface area contributed by atoms with Crippen LogP contribution in [0.25, 0.3) is 0 Å². The molecule has 0 spiro atoms. The second-order valence-electron chi connectivity index (χ2n) is 4.05. The number of carbonyl (C=O) groups is 1. The predicted octanol–water partition coefficient (Wildman–Crippen LogP) is -0.371. The third kappa shape index (κ3) is 3.78. The molecule has 6 nitrogen and oxygen atoms in total. The van der Waals surface area contributed by atoms with Gasteiger partial charge in [0.2, 0.25) is 5.91 Å². The fourth-order valence-electron chi connectivity index (χ4n) is 1.84.